The van der Waals surface area contributed by atoms with E-state index in [1.54, 1.807) is 12.1 Å². The number of carboxylic acids is 1. The third-order valence-electron chi connectivity index (χ3n) is 3.14. The molecule has 0 aliphatic carbocycles. The number of nitrogens with zero attached hydrogens (tertiary/aromatic N) is 1. The molecular formula is C13H12BrNO5. The highest BCUT2D eigenvalue weighted by Gasteiger charge is 2.35. The monoisotopic (exact) mass is 341 g/mol. The van der Waals surface area contributed by atoms with Crippen molar-refractivity contribution in [1.82, 2.24) is 0 Å². The zero-order valence-electron chi connectivity index (χ0n) is 10.6. The minimum atomic E-state index is -0.994. The number of carbonyl (C=O) groups excluding carboxylic acids is 2. The van der Waals surface area contributed by atoms with Crippen molar-refractivity contribution in [3.63, 3.8) is 0 Å². The number of aliphatic carboxylic acids is 1. The van der Waals surface area contributed by atoms with Gasteiger partial charge in [0.25, 0.3) is 0 Å². The van der Waals surface area contributed by atoms with E-state index < -0.39 is 17.9 Å². The van der Waals surface area contributed by atoms with Crippen molar-refractivity contribution in [3.8, 4) is 0 Å². The SMILES string of the molecule is COC(=O)c1cc(N2CC(C(=O)O)CC2=O)ccc1Br. The van der Waals surface area contributed by atoms with Crippen LogP contribution in [0, 0.1) is 5.92 Å². The van der Waals surface area contributed by atoms with E-state index in [2.05, 4.69) is 20.7 Å². The van der Waals surface area contributed by atoms with Crippen molar-refractivity contribution in [1.29, 1.82) is 0 Å². The number of ether oxygens (including phenoxy) is 1. The second-order valence-electron chi connectivity index (χ2n) is 4.40. The Hall–Kier alpha value is -1.89. The van der Waals surface area contributed by atoms with Crippen LogP contribution >= 0.6 is 15.9 Å². The first-order chi connectivity index (χ1) is 9.43. The molecule has 1 N–H and O–H groups in total. The standard InChI is InChI=1S/C13H12BrNO5/c1-20-13(19)9-5-8(2-3-10(9)14)15-6-7(12(17)18)4-11(15)16/h2-3,5,7H,4,6H2,1H3,(H,17,18). The van der Waals surface area contributed by atoms with Gasteiger partial charge in [0.15, 0.2) is 0 Å². The summed E-state index contributed by atoms with van der Waals surface area (Å²) in [6.07, 6.45) is -0.0288. The van der Waals surface area contributed by atoms with Gasteiger partial charge in [-0.25, -0.2) is 4.79 Å². The number of hydrogen-bond acceptors (Lipinski definition) is 4. The fraction of sp³-hybridized carbons (Fsp3) is 0.308. The summed E-state index contributed by atoms with van der Waals surface area (Å²) in [6, 6.07) is 4.79. The lowest BCUT2D eigenvalue weighted by Gasteiger charge is -2.17. The summed E-state index contributed by atoms with van der Waals surface area (Å²) in [4.78, 5) is 35.8. The first-order valence-electron chi connectivity index (χ1n) is 5.85. The average molecular weight is 342 g/mol. The predicted molar refractivity (Wildman–Crippen MR) is 73.6 cm³/mol. The Morgan fingerprint density at radius 3 is 2.70 bits per heavy atom. The van der Waals surface area contributed by atoms with E-state index >= 15 is 0 Å². The predicted octanol–water partition coefficient (Wildman–Crippen LogP) is 1.67. The number of methoxy groups -OCH3 is 1. The van der Waals surface area contributed by atoms with Gasteiger partial charge in [-0.1, -0.05) is 0 Å². The number of hydrogen-bond donors (Lipinski definition) is 1. The molecule has 0 bridgehead atoms. The number of benzene rings is 1. The molecule has 1 aliphatic heterocycles. The Bertz CT molecular complexity index is 586. The molecule has 0 spiro atoms. The van der Waals surface area contributed by atoms with Crippen LogP contribution in [0.1, 0.15) is 16.8 Å². The summed E-state index contributed by atoms with van der Waals surface area (Å²) in [7, 11) is 1.27. The zero-order valence-corrected chi connectivity index (χ0v) is 12.2. The van der Waals surface area contributed by atoms with Crippen LogP contribution in [-0.2, 0) is 14.3 Å². The highest BCUT2D eigenvalue weighted by Crippen LogP contribution is 2.29. The molecule has 1 atom stereocenters. The van der Waals surface area contributed by atoms with E-state index in [0.29, 0.717) is 10.2 Å². The molecule has 1 unspecified atom stereocenters. The maximum atomic E-state index is 11.9. The molecule has 0 radical (unpaired) electrons. The van der Waals surface area contributed by atoms with E-state index in [4.69, 9.17) is 5.11 Å². The van der Waals surface area contributed by atoms with Crippen molar-refractivity contribution >= 4 is 39.5 Å². The molecule has 1 aromatic rings. The Labute approximate surface area is 123 Å². The summed E-state index contributed by atoms with van der Waals surface area (Å²) < 4.78 is 5.20. The number of anilines is 1. The Morgan fingerprint density at radius 1 is 1.45 bits per heavy atom. The molecule has 1 amide bonds. The van der Waals surface area contributed by atoms with Gasteiger partial charge in [-0.15, -0.1) is 0 Å². The number of halogens is 1. The van der Waals surface area contributed by atoms with Crippen molar-refractivity contribution in [3.05, 3.63) is 28.2 Å². The van der Waals surface area contributed by atoms with Gasteiger partial charge >= 0.3 is 11.9 Å². The number of rotatable bonds is 3. The molecule has 2 rings (SSSR count). The van der Waals surface area contributed by atoms with Gasteiger partial charge in [0.2, 0.25) is 5.91 Å². The molecule has 1 aliphatic rings. The summed E-state index contributed by atoms with van der Waals surface area (Å²) in [5.41, 5.74) is 0.777. The number of carbonyl (C=O) groups is 3. The van der Waals surface area contributed by atoms with E-state index in [9.17, 15) is 14.4 Å². The summed E-state index contributed by atoms with van der Waals surface area (Å²) in [5, 5.41) is 8.96. The Balaban J connectivity index is 2.32. The van der Waals surface area contributed by atoms with Gasteiger partial charge in [-0.3, -0.25) is 9.59 Å². The molecule has 1 aromatic carbocycles. The lowest BCUT2D eigenvalue weighted by Crippen LogP contribution is -2.26. The van der Waals surface area contributed by atoms with Crippen LogP contribution in [0.3, 0.4) is 0 Å². The number of carboxylic acid groups (broad SMARTS) is 1. The van der Waals surface area contributed by atoms with Crippen molar-refractivity contribution in [2.45, 2.75) is 6.42 Å². The first-order valence-corrected chi connectivity index (χ1v) is 6.64. The second-order valence-corrected chi connectivity index (χ2v) is 5.25. The van der Waals surface area contributed by atoms with E-state index in [-0.39, 0.29) is 24.4 Å². The Morgan fingerprint density at radius 2 is 2.15 bits per heavy atom. The highest BCUT2D eigenvalue weighted by molar-refractivity contribution is 9.10. The largest absolute Gasteiger partial charge is 0.481 e. The molecule has 7 heteroatoms. The van der Waals surface area contributed by atoms with Crippen LogP contribution in [0.25, 0.3) is 0 Å². The van der Waals surface area contributed by atoms with Crippen LogP contribution in [0.2, 0.25) is 0 Å². The average Bonchev–Trinajstić information content (AvgIpc) is 2.81. The first kappa shape index (κ1) is 14.5. The van der Waals surface area contributed by atoms with Crippen LogP contribution in [0.4, 0.5) is 5.69 Å². The summed E-state index contributed by atoms with van der Waals surface area (Å²) in [6.45, 7) is 0.108. The van der Waals surface area contributed by atoms with Gasteiger partial charge in [-0.2, -0.15) is 0 Å². The topological polar surface area (TPSA) is 83.9 Å². The van der Waals surface area contributed by atoms with Crippen LogP contribution in [0.5, 0.6) is 0 Å². The smallest absolute Gasteiger partial charge is 0.339 e. The Kier molecular flexibility index (Phi) is 4.08. The lowest BCUT2D eigenvalue weighted by molar-refractivity contribution is -0.141. The third-order valence-corrected chi connectivity index (χ3v) is 3.83. The maximum absolute atomic E-state index is 11.9. The maximum Gasteiger partial charge on any atom is 0.339 e. The minimum absolute atomic E-state index is 0.0288. The molecule has 1 fully saturated rings. The summed E-state index contributed by atoms with van der Waals surface area (Å²) >= 11 is 3.23. The molecule has 20 heavy (non-hydrogen) atoms. The molecule has 6 nitrogen and oxygen atoms in total. The van der Waals surface area contributed by atoms with Gasteiger partial charge in [-0.05, 0) is 34.1 Å². The molecule has 0 saturated carbocycles. The number of amides is 1. The number of esters is 1. The third kappa shape index (κ3) is 2.67. The zero-order chi connectivity index (χ0) is 14.9. The lowest BCUT2D eigenvalue weighted by atomic mass is 10.1. The molecule has 106 valence electrons. The van der Waals surface area contributed by atoms with Gasteiger partial charge in [0.05, 0.1) is 18.6 Å². The molecule has 0 aromatic heterocycles. The normalized spacial score (nSPS) is 18.2. The molecule has 1 heterocycles. The van der Waals surface area contributed by atoms with Crippen molar-refractivity contribution in [2.24, 2.45) is 5.92 Å². The van der Waals surface area contributed by atoms with Gasteiger partial charge < -0.3 is 14.7 Å². The quantitative estimate of drug-likeness (QED) is 0.845. The van der Waals surface area contributed by atoms with Crippen LogP contribution in [0.15, 0.2) is 22.7 Å². The van der Waals surface area contributed by atoms with Crippen LogP contribution < -0.4 is 4.90 Å². The fourth-order valence-electron chi connectivity index (χ4n) is 2.07. The highest BCUT2D eigenvalue weighted by atomic mass is 79.9. The van der Waals surface area contributed by atoms with Gasteiger partial charge in [0, 0.05) is 23.1 Å². The van der Waals surface area contributed by atoms with E-state index in [1.165, 1.54) is 18.1 Å². The second kappa shape index (κ2) is 5.62. The van der Waals surface area contributed by atoms with E-state index in [1.807, 2.05) is 0 Å². The van der Waals surface area contributed by atoms with E-state index in [0.717, 1.165) is 0 Å². The fourth-order valence-corrected chi connectivity index (χ4v) is 2.48. The molecular weight excluding hydrogens is 330 g/mol. The molecule has 1 saturated heterocycles. The van der Waals surface area contributed by atoms with Gasteiger partial charge in [0.1, 0.15) is 0 Å². The van der Waals surface area contributed by atoms with Crippen molar-refractivity contribution in [2.75, 3.05) is 18.6 Å². The van der Waals surface area contributed by atoms with Crippen LogP contribution in [-0.4, -0.2) is 36.6 Å². The minimum Gasteiger partial charge on any atom is -0.481 e. The summed E-state index contributed by atoms with van der Waals surface area (Å²) in [5.74, 6) is -2.51. The van der Waals surface area contributed by atoms with Crippen molar-refractivity contribution < 1.29 is 24.2 Å².